The number of anilines is 1. The van der Waals surface area contributed by atoms with Crippen LogP contribution >= 0.6 is 11.8 Å². The Morgan fingerprint density at radius 3 is 2.37 bits per heavy atom. The third-order valence-electron chi connectivity index (χ3n) is 5.52. The van der Waals surface area contributed by atoms with Crippen molar-refractivity contribution in [3.63, 3.8) is 0 Å². The topological polar surface area (TPSA) is 102 Å². The number of carbonyl (C=O) groups excluding carboxylic acids is 2. The van der Waals surface area contributed by atoms with Crippen LogP contribution in [-0.2, 0) is 4.79 Å². The standard InChI is InChI=1S/C26H26N6O2S/c1-17-10-9-11-18(2)24(17)32-26(29-30-31-32)35-16-23(33)28-22-15-8-7-14-21(22)25(34)27-19(3)20-12-5-4-6-13-20/h4-15,19H,16H2,1-3H3,(H,27,34)(H,28,33). The Morgan fingerprint density at radius 2 is 1.63 bits per heavy atom. The second kappa shape index (κ2) is 11.0. The van der Waals surface area contributed by atoms with Gasteiger partial charge < -0.3 is 10.6 Å². The van der Waals surface area contributed by atoms with Crippen molar-refractivity contribution in [1.82, 2.24) is 25.5 Å². The summed E-state index contributed by atoms with van der Waals surface area (Å²) in [5, 5.41) is 18.3. The number of rotatable bonds is 8. The van der Waals surface area contributed by atoms with E-state index in [2.05, 4.69) is 26.2 Å². The Labute approximate surface area is 208 Å². The van der Waals surface area contributed by atoms with E-state index in [1.54, 1.807) is 28.9 Å². The van der Waals surface area contributed by atoms with E-state index in [1.807, 2.05) is 69.3 Å². The quantitative estimate of drug-likeness (QED) is 0.356. The van der Waals surface area contributed by atoms with Gasteiger partial charge in [-0.1, -0.05) is 72.4 Å². The molecule has 0 saturated carbocycles. The van der Waals surface area contributed by atoms with Gasteiger partial charge in [0.2, 0.25) is 11.1 Å². The summed E-state index contributed by atoms with van der Waals surface area (Å²) in [5.41, 5.74) is 4.82. The molecule has 1 unspecified atom stereocenters. The zero-order valence-electron chi connectivity index (χ0n) is 19.7. The molecule has 2 N–H and O–H groups in total. The van der Waals surface area contributed by atoms with Crippen LogP contribution in [0.15, 0.2) is 78.0 Å². The number of aromatic nitrogens is 4. The largest absolute Gasteiger partial charge is 0.345 e. The maximum atomic E-state index is 12.9. The molecule has 8 nitrogen and oxygen atoms in total. The summed E-state index contributed by atoms with van der Waals surface area (Å²) >= 11 is 1.23. The van der Waals surface area contributed by atoms with Crippen molar-refractivity contribution in [3.05, 3.63) is 95.1 Å². The lowest BCUT2D eigenvalue weighted by Crippen LogP contribution is -2.28. The van der Waals surface area contributed by atoms with Gasteiger partial charge >= 0.3 is 0 Å². The Kier molecular flexibility index (Phi) is 7.57. The highest BCUT2D eigenvalue weighted by molar-refractivity contribution is 7.99. The second-order valence-electron chi connectivity index (χ2n) is 8.10. The van der Waals surface area contributed by atoms with Crippen molar-refractivity contribution in [3.8, 4) is 5.69 Å². The van der Waals surface area contributed by atoms with Gasteiger partial charge in [0.1, 0.15) is 0 Å². The first-order valence-corrected chi connectivity index (χ1v) is 12.1. The molecular formula is C26H26N6O2S. The summed E-state index contributed by atoms with van der Waals surface area (Å²) in [4.78, 5) is 25.7. The van der Waals surface area contributed by atoms with Gasteiger partial charge in [0.15, 0.2) is 0 Å². The fourth-order valence-electron chi connectivity index (χ4n) is 3.75. The lowest BCUT2D eigenvalue weighted by molar-refractivity contribution is -0.113. The molecule has 1 aromatic heterocycles. The molecule has 178 valence electrons. The second-order valence-corrected chi connectivity index (χ2v) is 9.04. The first-order chi connectivity index (χ1) is 16.9. The van der Waals surface area contributed by atoms with Crippen LogP contribution in [0.1, 0.15) is 40.0 Å². The summed E-state index contributed by atoms with van der Waals surface area (Å²) in [6, 6.07) is 22.5. The molecule has 4 rings (SSSR count). The minimum atomic E-state index is -0.262. The fourth-order valence-corrected chi connectivity index (χ4v) is 4.43. The summed E-state index contributed by atoms with van der Waals surface area (Å²) in [7, 11) is 0. The van der Waals surface area contributed by atoms with E-state index >= 15 is 0 Å². The monoisotopic (exact) mass is 486 g/mol. The van der Waals surface area contributed by atoms with Gasteiger partial charge in [0.25, 0.3) is 5.91 Å². The van der Waals surface area contributed by atoms with Gasteiger partial charge in [-0.25, -0.2) is 0 Å². The summed E-state index contributed by atoms with van der Waals surface area (Å²) in [6.45, 7) is 5.91. The molecule has 35 heavy (non-hydrogen) atoms. The van der Waals surface area contributed by atoms with Crippen LogP contribution < -0.4 is 10.6 Å². The Bertz CT molecular complexity index is 1320. The number of hydrogen-bond donors (Lipinski definition) is 2. The highest BCUT2D eigenvalue weighted by Gasteiger charge is 2.18. The van der Waals surface area contributed by atoms with E-state index in [0.717, 1.165) is 22.4 Å². The van der Waals surface area contributed by atoms with E-state index in [0.29, 0.717) is 16.4 Å². The molecule has 0 fully saturated rings. The summed E-state index contributed by atoms with van der Waals surface area (Å²) in [5.74, 6) is -0.437. The lowest BCUT2D eigenvalue weighted by atomic mass is 10.1. The molecule has 2 amide bonds. The number of thioether (sulfide) groups is 1. The van der Waals surface area contributed by atoms with Crippen molar-refractivity contribution >= 4 is 29.3 Å². The van der Waals surface area contributed by atoms with Gasteiger partial charge in [-0.05, 0) is 60.0 Å². The highest BCUT2D eigenvalue weighted by Crippen LogP contribution is 2.24. The summed E-state index contributed by atoms with van der Waals surface area (Å²) < 4.78 is 1.65. The SMILES string of the molecule is Cc1cccc(C)c1-n1nnnc1SCC(=O)Nc1ccccc1C(=O)NC(C)c1ccccc1. The first-order valence-electron chi connectivity index (χ1n) is 11.2. The first kappa shape index (κ1) is 24.2. The Balaban J connectivity index is 1.42. The zero-order valence-corrected chi connectivity index (χ0v) is 20.5. The third kappa shape index (κ3) is 5.75. The minimum absolute atomic E-state index is 0.0850. The minimum Gasteiger partial charge on any atom is -0.345 e. The van der Waals surface area contributed by atoms with E-state index in [4.69, 9.17) is 0 Å². The van der Waals surface area contributed by atoms with Crippen LogP contribution in [0.2, 0.25) is 0 Å². The molecule has 0 aliphatic rings. The van der Waals surface area contributed by atoms with E-state index in [1.165, 1.54) is 11.8 Å². The molecule has 0 bridgehead atoms. The fraction of sp³-hybridized carbons (Fsp3) is 0.192. The molecule has 3 aromatic carbocycles. The van der Waals surface area contributed by atoms with Crippen LogP contribution in [0.25, 0.3) is 5.69 Å². The smallest absolute Gasteiger partial charge is 0.253 e. The number of tetrazole rings is 1. The number of amides is 2. The van der Waals surface area contributed by atoms with Crippen LogP contribution in [0.3, 0.4) is 0 Å². The lowest BCUT2D eigenvalue weighted by Gasteiger charge is -2.16. The molecular weight excluding hydrogens is 460 g/mol. The van der Waals surface area contributed by atoms with E-state index in [-0.39, 0.29) is 23.6 Å². The predicted molar refractivity (Wildman–Crippen MR) is 137 cm³/mol. The van der Waals surface area contributed by atoms with E-state index in [9.17, 15) is 9.59 Å². The number of aryl methyl sites for hydroxylation is 2. The number of para-hydroxylation sites is 2. The third-order valence-corrected chi connectivity index (χ3v) is 6.44. The average molecular weight is 487 g/mol. The maximum Gasteiger partial charge on any atom is 0.253 e. The van der Waals surface area contributed by atoms with Crippen LogP contribution in [0.4, 0.5) is 5.69 Å². The molecule has 4 aromatic rings. The number of hydrogen-bond acceptors (Lipinski definition) is 6. The van der Waals surface area contributed by atoms with Crippen molar-refractivity contribution in [2.24, 2.45) is 0 Å². The van der Waals surface area contributed by atoms with Crippen molar-refractivity contribution in [2.75, 3.05) is 11.1 Å². The molecule has 1 heterocycles. The predicted octanol–water partition coefficient (Wildman–Crippen LogP) is 4.50. The molecule has 0 aliphatic carbocycles. The zero-order chi connectivity index (χ0) is 24.8. The molecule has 1 atom stereocenters. The van der Waals surface area contributed by atoms with Crippen LogP contribution in [0, 0.1) is 13.8 Å². The van der Waals surface area contributed by atoms with Crippen LogP contribution in [0.5, 0.6) is 0 Å². The van der Waals surface area contributed by atoms with Gasteiger partial charge in [0.05, 0.1) is 28.7 Å². The molecule has 0 saturated heterocycles. The van der Waals surface area contributed by atoms with Gasteiger partial charge in [-0.15, -0.1) is 5.10 Å². The van der Waals surface area contributed by atoms with Crippen LogP contribution in [-0.4, -0.2) is 37.8 Å². The van der Waals surface area contributed by atoms with Crippen molar-refractivity contribution in [1.29, 1.82) is 0 Å². The highest BCUT2D eigenvalue weighted by atomic mass is 32.2. The molecule has 9 heteroatoms. The number of carbonyl (C=O) groups is 2. The summed E-state index contributed by atoms with van der Waals surface area (Å²) in [6.07, 6.45) is 0. The maximum absolute atomic E-state index is 12.9. The van der Waals surface area contributed by atoms with Crippen molar-refractivity contribution < 1.29 is 9.59 Å². The molecule has 0 radical (unpaired) electrons. The Hall–Kier alpha value is -3.98. The van der Waals surface area contributed by atoms with Gasteiger partial charge in [-0.3, -0.25) is 9.59 Å². The normalized spacial score (nSPS) is 11.6. The Morgan fingerprint density at radius 1 is 0.943 bits per heavy atom. The number of nitrogens with zero attached hydrogens (tertiary/aromatic N) is 4. The number of nitrogens with one attached hydrogen (secondary N) is 2. The van der Waals surface area contributed by atoms with Crippen molar-refractivity contribution in [2.45, 2.75) is 32.0 Å². The molecule has 0 spiro atoms. The van der Waals surface area contributed by atoms with Gasteiger partial charge in [0, 0.05) is 0 Å². The van der Waals surface area contributed by atoms with E-state index < -0.39 is 0 Å². The molecule has 0 aliphatic heterocycles. The average Bonchev–Trinajstić information content (AvgIpc) is 3.31. The number of benzene rings is 3. The van der Waals surface area contributed by atoms with Gasteiger partial charge in [-0.2, -0.15) is 4.68 Å².